The number of alkyl halides is 3. The van der Waals surface area contributed by atoms with Gasteiger partial charge in [-0.25, -0.2) is 4.79 Å². The van der Waals surface area contributed by atoms with Gasteiger partial charge in [0.05, 0.1) is 5.56 Å². The number of hydrogen-bond acceptors (Lipinski definition) is 2. The monoisotopic (exact) mass is 345 g/mol. The molecule has 0 saturated heterocycles. The lowest BCUT2D eigenvalue weighted by atomic mass is 10.0. The molecule has 1 aromatic rings. The molecule has 1 atom stereocenters. The second-order valence-electron chi connectivity index (χ2n) is 5.93. The zero-order valence-electron chi connectivity index (χ0n) is 13.6. The molecule has 5 nitrogen and oxygen atoms in total. The summed E-state index contributed by atoms with van der Waals surface area (Å²) in [5.41, 5.74) is 5.02. The largest absolute Gasteiger partial charge is 0.416 e. The van der Waals surface area contributed by atoms with Crippen LogP contribution in [0.5, 0.6) is 0 Å². The zero-order chi connectivity index (χ0) is 18.3. The van der Waals surface area contributed by atoms with Crippen LogP contribution >= 0.6 is 0 Å². The van der Waals surface area contributed by atoms with Crippen LogP contribution in [0.15, 0.2) is 24.3 Å². The van der Waals surface area contributed by atoms with Gasteiger partial charge in [-0.15, -0.1) is 0 Å². The summed E-state index contributed by atoms with van der Waals surface area (Å²) in [5, 5.41) is 5.04. The third-order valence-corrected chi connectivity index (χ3v) is 3.33. The van der Waals surface area contributed by atoms with E-state index in [2.05, 4.69) is 10.6 Å². The van der Waals surface area contributed by atoms with Gasteiger partial charge in [0.1, 0.15) is 6.04 Å². The number of rotatable bonds is 7. The normalized spacial score (nSPS) is 12.8. The highest BCUT2D eigenvalue weighted by molar-refractivity contribution is 5.86. The van der Waals surface area contributed by atoms with Gasteiger partial charge in [0.15, 0.2) is 0 Å². The Kier molecular flexibility index (Phi) is 7.06. The molecule has 0 fully saturated rings. The number of nitrogens with one attached hydrogen (secondary N) is 2. The maximum atomic E-state index is 12.5. The molecule has 0 aliphatic heterocycles. The minimum absolute atomic E-state index is 0.183. The number of urea groups is 1. The molecule has 0 aromatic heterocycles. The number of halogens is 3. The molecule has 0 bridgehead atoms. The minimum Gasteiger partial charge on any atom is -0.354 e. The average molecular weight is 345 g/mol. The van der Waals surface area contributed by atoms with Gasteiger partial charge in [0, 0.05) is 6.54 Å². The molecule has 4 N–H and O–H groups in total. The molecule has 0 aliphatic rings. The van der Waals surface area contributed by atoms with Crippen molar-refractivity contribution in [2.45, 2.75) is 38.9 Å². The fraction of sp³-hybridized carbons (Fsp3) is 0.500. The van der Waals surface area contributed by atoms with E-state index < -0.39 is 23.8 Å². The third-order valence-electron chi connectivity index (χ3n) is 3.33. The molecule has 0 heterocycles. The van der Waals surface area contributed by atoms with Crippen molar-refractivity contribution in [1.29, 1.82) is 0 Å². The first-order valence-electron chi connectivity index (χ1n) is 7.59. The lowest BCUT2D eigenvalue weighted by molar-refractivity contribution is -0.137. The summed E-state index contributed by atoms with van der Waals surface area (Å²) < 4.78 is 37.4. The highest BCUT2D eigenvalue weighted by Gasteiger charge is 2.29. The molecule has 0 saturated carbocycles. The van der Waals surface area contributed by atoms with Gasteiger partial charge in [0.25, 0.3) is 0 Å². The molecule has 0 aliphatic carbocycles. The van der Waals surface area contributed by atoms with Crippen molar-refractivity contribution < 1.29 is 22.8 Å². The SMILES string of the molecule is CC(C)C[C@@H](NC(N)=O)C(=O)NCCc1ccc(C(F)(F)F)cc1. The second-order valence-corrected chi connectivity index (χ2v) is 5.93. The molecule has 1 aromatic carbocycles. The molecular formula is C16H22F3N3O2. The van der Waals surface area contributed by atoms with Gasteiger partial charge >= 0.3 is 12.2 Å². The number of hydrogen-bond donors (Lipinski definition) is 3. The number of amides is 3. The van der Waals surface area contributed by atoms with Crippen molar-refractivity contribution >= 4 is 11.9 Å². The van der Waals surface area contributed by atoms with E-state index in [0.29, 0.717) is 18.4 Å². The topological polar surface area (TPSA) is 84.2 Å². The number of primary amides is 1. The summed E-state index contributed by atoms with van der Waals surface area (Å²) in [4.78, 5) is 23.0. The Morgan fingerprint density at radius 3 is 2.21 bits per heavy atom. The predicted octanol–water partition coefficient (Wildman–Crippen LogP) is 2.45. The predicted molar refractivity (Wildman–Crippen MR) is 84.1 cm³/mol. The fourth-order valence-electron chi connectivity index (χ4n) is 2.19. The van der Waals surface area contributed by atoms with Crippen LogP contribution in [0.4, 0.5) is 18.0 Å². The van der Waals surface area contributed by atoms with E-state index in [9.17, 15) is 22.8 Å². The number of carbonyl (C=O) groups is 2. The first-order chi connectivity index (χ1) is 11.1. The van der Waals surface area contributed by atoms with Crippen LogP contribution in [0.25, 0.3) is 0 Å². The summed E-state index contributed by atoms with van der Waals surface area (Å²) in [6.45, 7) is 4.07. The average Bonchev–Trinajstić information content (AvgIpc) is 2.45. The third kappa shape index (κ3) is 6.89. The molecule has 3 amide bonds. The van der Waals surface area contributed by atoms with Crippen LogP contribution in [0, 0.1) is 5.92 Å². The van der Waals surface area contributed by atoms with Crippen LogP contribution in [-0.2, 0) is 17.4 Å². The molecule has 24 heavy (non-hydrogen) atoms. The van der Waals surface area contributed by atoms with E-state index in [0.717, 1.165) is 12.1 Å². The molecule has 134 valence electrons. The smallest absolute Gasteiger partial charge is 0.354 e. The first kappa shape index (κ1) is 19.8. The second kappa shape index (κ2) is 8.56. The Hall–Kier alpha value is -2.25. The maximum absolute atomic E-state index is 12.5. The van der Waals surface area contributed by atoms with Crippen molar-refractivity contribution in [3.63, 3.8) is 0 Å². The quantitative estimate of drug-likeness (QED) is 0.709. The fourth-order valence-corrected chi connectivity index (χ4v) is 2.19. The Morgan fingerprint density at radius 2 is 1.75 bits per heavy atom. The summed E-state index contributed by atoms with van der Waals surface area (Å²) in [6, 6.07) is 3.26. The highest BCUT2D eigenvalue weighted by atomic mass is 19.4. The molecule has 0 radical (unpaired) electrons. The van der Waals surface area contributed by atoms with Crippen LogP contribution in [0.2, 0.25) is 0 Å². The van der Waals surface area contributed by atoms with E-state index in [1.54, 1.807) is 0 Å². The van der Waals surface area contributed by atoms with Crippen molar-refractivity contribution in [2.24, 2.45) is 11.7 Å². The van der Waals surface area contributed by atoms with Crippen molar-refractivity contribution in [3.8, 4) is 0 Å². The highest BCUT2D eigenvalue weighted by Crippen LogP contribution is 2.29. The minimum atomic E-state index is -4.36. The molecule has 0 spiro atoms. The number of benzene rings is 1. The Morgan fingerprint density at radius 1 is 1.17 bits per heavy atom. The Balaban J connectivity index is 2.52. The molecular weight excluding hydrogens is 323 g/mol. The van der Waals surface area contributed by atoms with Crippen LogP contribution in [-0.4, -0.2) is 24.5 Å². The molecule has 1 rings (SSSR count). The van der Waals surface area contributed by atoms with Gasteiger partial charge in [0.2, 0.25) is 5.91 Å². The zero-order valence-corrected chi connectivity index (χ0v) is 13.6. The first-order valence-corrected chi connectivity index (χ1v) is 7.59. The van der Waals surface area contributed by atoms with Crippen molar-refractivity contribution in [3.05, 3.63) is 35.4 Å². The van der Waals surface area contributed by atoms with E-state index in [4.69, 9.17) is 5.73 Å². The number of carbonyl (C=O) groups excluding carboxylic acids is 2. The van der Waals surface area contributed by atoms with Crippen molar-refractivity contribution in [2.75, 3.05) is 6.54 Å². The Bertz CT molecular complexity index is 557. The van der Waals surface area contributed by atoms with Crippen molar-refractivity contribution in [1.82, 2.24) is 10.6 Å². The van der Waals surface area contributed by atoms with E-state index in [1.807, 2.05) is 13.8 Å². The summed E-state index contributed by atoms with van der Waals surface area (Å²) in [6.07, 6.45) is -3.54. The standard InChI is InChI=1S/C16H22F3N3O2/c1-10(2)9-13(22-15(20)24)14(23)21-8-7-11-3-5-12(6-4-11)16(17,18)19/h3-6,10,13H,7-9H2,1-2H3,(H,21,23)(H3,20,22,24)/t13-/m1/s1. The van der Waals surface area contributed by atoms with E-state index in [-0.39, 0.29) is 18.4 Å². The lowest BCUT2D eigenvalue weighted by Gasteiger charge is -2.19. The van der Waals surface area contributed by atoms with Gasteiger partial charge < -0.3 is 16.4 Å². The van der Waals surface area contributed by atoms with Gasteiger partial charge in [-0.05, 0) is 36.5 Å². The van der Waals surface area contributed by atoms with Crippen LogP contribution < -0.4 is 16.4 Å². The number of nitrogens with two attached hydrogens (primary N) is 1. The van der Waals surface area contributed by atoms with Gasteiger partial charge in [-0.1, -0.05) is 26.0 Å². The Labute approximate surface area is 138 Å². The molecule has 0 unspecified atom stereocenters. The van der Waals surface area contributed by atoms with Gasteiger partial charge in [-0.2, -0.15) is 13.2 Å². The summed E-state index contributed by atoms with van der Waals surface area (Å²) in [7, 11) is 0. The van der Waals surface area contributed by atoms with Gasteiger partial charge in [-0.3, -0.25) is 4.79 Å². The summed E-state index contributed by atoms with van der Waals surface area (Å²) >= 11 is 0. The van der Waals surface area contributed by atoms with E-state index in [1.165, 1.54) is 12.1 Å². The summed E-state index contributed by atoms with van der Waals surface area (Å²) in [5.74, 6) is -0.183. The lowest BCUT2D eigenvalue weighted by Crippen LogP contribution is -2.49. The van der Waals surface area contributed by atoms with E-state index >= 15 is 0 Å². The van der Waals surface area contributed by atoms with Crippen LogP contribution in [0.3, 0.4) is 0 Å². The van der Waals surface area contributed by atoms with Crippen LogP contribution in [0.1, 0.15) is 31.4 Å². The molecule has 8 heteroatoms. The maximum Gasteiger partial charge on any atom is 0.416 e.